The molecule has 1 aromatic carbocycles. The van der Waals surface area contributed by atoms with Gasteiger partial charge in [0, 0.05) is 0 Å². The van der Waals surface area contributed by atoms with Crippen molar-refractivity contribution in [2.45, 2.75) is 77.0 Å². The van der Waals surface area contributed by atoms with Gasteiger partial charge in [-0.2, -0.15) is 4.39 Å². The molecule has 0 radical (unpaired) electrons. The molecule has 0 N–H and O–H groups in total. The molecule has 3 fully saturated rings. The van der Waals surface area contributed by atoms with E-state index >= 15 is 0 Å². The molecule has 0 amide bonds. The molecule has 3 heteroatoms. The molecule has 0 spiro atoms. The van der Waals surface area contributed by atoms with Gasteiger partial charge in [0.15, 0.2) is 11.6 Å². The van der Waals surface area contributed by atoms with Gasteiger partial charge in [-0.05, 0) is 105 Å². The van der Waals surface area contributed by atoms with Crippen molar-refractivity contribution in [1.29, 1.82) is 0 Å². The first-order valence-electron chi connectivity index (χ1n) is 11.8. The summed E-state index contributed by atoms with van der Waals surface area (Å²) in [4.78, 5) is 0. The SMILES string of the molecule is C=CCOc1ccc(C2CCC(C3CCC4CC(C)CCC4C3)CC2)c(F)c1F. The molecular weight excluding hydrogens is 366 g/mol. The van der Waals surface area contributed by atoms with Gasteiger partial charge < -0.3 is 4.74 Å². The summed E-state index contributed by atoms with van der Waals surface area (Å²) >= 11 is 0. The summed E-state index contributed by atoms with van der Waals surface area (Å²) < 4.78 is 34.2. The maximum absolute atomic E-state index is 14.7. The van der Waals surface area contributed by atoms with Crippen molar-refractivity contribution < 1.29 is 13.5 Å². The minimum Gasteiger partial charge on any atom is -0.486 e. The van der Waals surface area contributed by atoms with Crippen LogP contribution in [0.2, 0.25) is 0 Å². The monoisotopic (exact) mass is 402 g/mol. The highest BCUT2D eigenvalue weighted by molar-refractivity contribution is 5.33. The number of hydrogen-bond acceptors (Lipinski definition) is 1. The Kier molecular flexibility index (Phi) is 6.61. The van der Waals surface area contributed by atoms with E-state index in [1.807, 2.05) is 0 Å². The Balaban J connectivity index is 1.34. The molecule has 3 aliphatic carbocycles. The fraction of sp³-hybridized carbons (Fsp3) is 0.692. The lowest BCUT2D eigenvalue weighted by molar-refractivity contribution is 0.0671. The Morgan fingerprint density at radius 2 is 1.48 bits per heavy atom. The Hall–Kier alpha value is -1.38. The van der Waals surface area contributed by atoms with E-state index in [4.69, 9.17) is 4.74 Å². The van der Waals surface area contributed by atoms with E-state index in [1.165, 1.54) is 57.4 Å². The van der Waals surface area contributed by atoms with E-state index in [0.29, 0.717) is 5.56 Å². The molecule has 3 saturated carbocycles. The molecule has 1 aromatic rings. The lowest BCUT2D eigenvalue weighted by Crippen LogP contribution is -2.34. The highest BCUT2D eigenvalue weighted by atomic mass is 19.2. The minimum absolute atomic E-state index is 0.0154. The first-order chi connectivity index (χ1) is 14.1. The Morgan fingerprint density at radius 1 is 0.862 bits per heavy atom. The van der Waals surface area contributed by atoms with Crippen molar-refractivity contribution in [3.63, 3.8) is 0 Å². The lowest BCUT2D eigenvalue weighted by Gasteiger charge is -2.45. The molecule has 1 nitrogen and oxygen atoms in total. The summed E-state index contributed by atoms with van der Waals surface area (Å²) in [6, 6.07) is 3.31. The Bertz CT molecular complexity index is 707. The first-order valence-corrected chi connectivity index (χ1v) is 11.8. The van der Waals surface area contributed by atoms with Crippen LogP contribution in [0.1, 0.15) is 82.6 Å². The number of hydrogen-bond donors (Lipinski definition) is 0. The average Bonchev–Trinajstić information content (AvgIpc) is 2.74. The smallest absolute Gasteiger partial charge is 0.200 e. The summed E-state index contributed by atoms with van der Waals surface area (Å²) in [6.45, 7) is 6.15. The zero-order valence-corrected chi connectivity index (χ0v) is 17.8. The van der Waals surface area contributed by atoms with Crippen LogP contribution in [0.15, 0.2) is 24.8 Å². The molecule has 0 heterocycles. The van der Waals surface area contributed by atoms with Crippen LogP contribution < -0.4 is 4.74 Å². The molecule has 29 heavy (non-hydrogen) atoms. The van der Waals surface area contributed by atoms with Gasteiger partial charge in [0.1, 0.15) is 6.61 Å². The van der Waals surface area contributed by atoms with Gasteiger partial charge in [-0.15, -0.1) is 0 Å². The van der Waals surface area contributed by atoms with Crippen molar-refractivity contribution in [2.75, 3.05) is 6.61 Å². The van der Waals surface area contributed by atoms with Crippen LogP contribution in [0.5, 0.6) is 5.75 Å². The van der Waals surface area contributed by atoms with Crippen molar-refractivity contribution in [2.24, 2.45) is 29.6 Å². The van der Waals surface area contributed by atoms with Crippen LogP contribution in [-0.2, 0) is 0 Å². The molecule has 0 saturated heterocycles. The van der Waals surface area contributed by atoms with Gasteiger partial charge in [0.25, 0.3) is 0 Å². The molecule has 160 valence electrons. The zero-order valence-electron chi connectivity index (χ0n) is 17.8. The fourth-order valence-electron chi connectivity index (χ4n) is 6.61. The van der Waals surface area contributed by atoms with E-state index in [1.54, 1.807) is 12.1 Å². The number of benzene rings is 1. The van der Waals surface area contributed by atoms with Crippen LogP contribution in [0.4, 0.5) is 8.78 Å². The van der Waals surface area contributed by atoms with Crippen molar-refractivity contribution in [3.05, 3.63) is 42.0 Å². The summed E-state index contributed by atoms with van der Waals surface area (Å²) in [5, 5.41) is 0. The maximum atomic E-state index is 14.7. The predicted molar refractivity (Wildman–Crippen MR) is 114 cm³/mol. The van der Waals surface area contributed by atoms with Crippen LogP contribution in [-0.4, -0.2) is 6.61 Å². The highest BCUT2D eigenvalue weighted by Gasteiger charge is 2.38. The minimum atomic E-state index is -0.851. The third-order valence-electron chi connectivity index (χ3n) is 8.23. The van der Waals surface area contributed by atoms with E-state index in [0.717, 1.165) is 42.4 Å². The van der Waals surface area contributed by atoms with Gasteiger partial charge in [-0.25, -0.2) is 4.39 Å². The molecule has 4 rings (SSSR count). The van der Waals surface area contributed by atoms with E-state index in [9.17, 15) is 8.78 Å². The second-order valence-electron chi connectivity index (χ2n) is 10.0. The number of ether oxygens (including phenoxy) is 1. The summed E-state index contributed by atoms with van der Waals surface area (Å²) in [7, 11) is 0. The predicted octanol–water partition coefficient (Wildman–Crippen LogP) is 7.66. The third-order valence-corrected chi connectivity index (χ3v) is 8.23. The van der Waals surface area contributed by atoms with Crippen LogP contribution in [0, 0.1) is 41.2 Å². The van der Waals surface area contributed by atoms with E-state index in [2.05, 4.69) is 13.5 Å². The Morgan fingerprint density at radius 3 is 2.21 bits per heavy atom. The normalized spacial score (nSPS) is 35.0. The topological polar surface area (TPSA) is 9.23 Å². The molecule has 4 atom stereocenters. The van der Waals surface area contributed by atoms with Crippen molar-refractivity contribution in [1.82, 2.24) is 0 Å². The second kappa shape index (κ2) is 9.18. The fourth-order valence-corrected chi connectivity index (χ4v) is 6.61. The summed E-state index contributed by atoms with van der Waals surface area (Å²) in [5.74, 6) is 3.06. The number of fused-ring (bicyclic) bond motifs is 1. The van der Waals surface area contributed by atoms with Crippen LogP contribution in [0.3, 0.4) is 0 Å². The molecule has 3 aliphatic rings. The largest absolute Gasteiger partial charge is 0.486 e. The quantitative estimate of drug-likeness (QED) is 0.459. The van der Waals surface area contributed by atoms with Crippen LogP contribution >= 0.6 is 0 Å². The van der Waals surface area contributed by atoms with Crippen molar-refractivity contribution >= 4 is 0 Å². The standard InChI is InChI=1S/C26H36F2O/c1-3-14-29-24-13-12-23(25(27)26(24)28)19-8-6-18(7-9-19)21-11-10-20-15-17(2)4-5-22(20)16-21/h3,12-13,17-22H,1,4-11,14-16H2,2H3. The van der Waals surface area contributed by atoms with E-state index in [-0.39, 0.29) is 18.3 Å². The molecule has 0 bridgehead atoms. The number of rotatable bonds is 5. The lowest BCUT2D eigenvalue weighted by atomic mass is 9.61. The Labute approximate surface area is 174 Å². The van der Waals surface area contributed by atoms with Crippen molar-refractivity contribution in [3.8, 4) is 5.75 Å². The van der Waals surface area contributed by atoms with Crippen LogP contribution in [0.25, 0.3) is 0 Å². The van der Waals surface area contributed by atoms with Gasteiger partial charge in [-0.1, -0.05) is 32.1 Å². The van der Waals surface area contributed by atoms with Gasteiger partial charge in [0.05, 0.1) is 0 Å². The first kappa shape index (κ1) is 20.9. The molecule has 0 aromatic heterocycles. The van der Waals surface area contributed by atoms with Gasteiger partial charge in [-0.3, -0.25) is 0 Å². The third kappa shape index (κ3) is 4.54. The molecular formula is C26H36F2O. The van der Waals surface area contributed by atoms with E-state index < -0.39 is 11.6 Å². The zero-order chi connectivity index (χ0) is 20.4. The highest BCUT2D eigenvalue weighted by Crippen LogP contribution is 2.50. The van der Waals surface area contributed by atoms with Gasteiger partial charge in [0.2, 0.25) is 5.82 Å². The molecule has 4 unspecified atom stereocenters. The number of halogens is 2. The summed E-state index contributed by atoms with van der Waals surface area (Å²) in [6.07, 6.45) is 14.4. The molecule has 0 aliphatic heterocycles. The maximum Gasteiger partial charge on any atom is 0.200 e. The average molecular weight is 403 g/mol. The van der Waals surface area contributed by atoms with Gasteiger partial charge >= 0.3 is 0 Å². The second-order valence-corrected chi connectivity index (χ2v) is 10.0. The summed E-state index contributed by atoms with van der Waals surface area (Å²) in [5.41, 5.74) is 0.539.